The van der Waals surface area contributed by atoms with Gasteiger partial charge in [-0.3, -0.25) is 9.69 Å². The number of nitrogens with zero attached hydrogens (tertiary/aromatic N) is 1. The molecule has 5 nitrogen and oxygen atoms in total. The van der Waals surface area contributed by atoms with Crippen molar-refractivity contribution in [3.05, 3.63) is 29.3 Å². The molecule has 1 N–H and O–H groups in total. The maximum atomic E-state index is 14.1. The number of ether oxygens (including phenoxy) is 2. The molecule has 7 heteroatoms. The zero-order valence-corrected chi connectivity index (χ0v) is 12.8. The van der Waals surface area contributed by atoms with Gasteiger partial charge in [-0.05, 0) is 6.42 Å². The van der Waals surface area contributed by atoms with Gasteiger partial charge in [0.2, 0.25) is 0 Å². The minimum Gasteiger partial charge on any atom is -0.497 e. The van der Waals surface area contributed by atoms with Gasteiger partial charge in [0.25, 0.3) is 0 Å². The number of benzene rings is 1. The highest BCUT2D eigenvalue weighted by atomic mass is 19.1. The van der Waals surface area contributed by atoms with Crippen LogP contribution in [0.15, 0.2) is 12.1 Å². The van der Waals surface area contributed by atoms with Crippen molar-refractivity contribution in [1.82, 2.24) is 4.90 Å². The monoisotopic (exact) mass is 327 g/mol. The largest absolute Gasteiger partial charge is 0.497 e. The predicted octanol–water partition coefficient (Wildman–Crippen LogP) is 1.90. The molecule has 1 aromatic rings. The van der Waals surface area contributed by atoms with Crippen LogP contribution in [0.1, 0.15) is 12.0 Å². The van der Waals surface area contributed by atoms with E-state index in [9.17, 15) is 18.7 Å². The van der Waals surface area contributed by atoms with Crippen LogP contribution >= 0.6 is 0 Å². The number of fused-ring (bicyclic) bond motifs is 1. The van der Waals surface area contributed by atoms with Crippen molar-refractivity contribution in [3.63, 3.8) is 0 Å². The topological polar surface area (TPSA) is 59.0 Å². The summed E-state index contributed by atoms with van der Waals surface area (Å²) >= 11 is 0. The van der Waals surface area contributed by atoms with Crippen molar-refractivity contribution in [2.75, 3.05) is 33.4 Å². The second-order valence-corrected chi connectivity index (χ2v) is 6.22. The highest BCUT2D eigenvalue weighted by molar-refractivity contribution is 5.76. The average molecular weight is 327 g/mol. The summed E-state index contributed by atoms with van der Waals surface area (Å²) in [7, 11) is 1.34. The number of hydrogen-bond acceptors (Lipinski definition) is 4. The first-order chi connectivity index (χ1) is 11.0. The number of halogens is 2. The van der Waals surface area contributed by atoms with Gasteiger partial charge in [0.15, 0.2) is 0 Å². The summed E-state index contributed by atoms with van der Waals surface area (Å²) in [6.07, 6.45) is 0.428. The quantitative estimate of drug-likeness (QED) is 0.915. The second kappa shape index (κ2) is 6.05. The molecule has 2 fully saturated rings. The molecule has 2 saturated heterocycles. The van der Waals surface area contributed by atoms with Gasteiger partial charge in [0, 0.05) is 49.9 Å². The minimum atomic E-state index is -0.877. The van der Waals surface area contributed by atoms with Gasteiger partial charge in [0.05, 0.1) is 19.1 Å². The zero-order valence-electron chi connectivity index (χ0n) is 12.8. The maximum Gasteiger partial charge on any atom is 0.311 e. The lowest BCUT2D eigenvalue weighted by molar-refractivity contribution is -0.157. The molecule has 2 aliphatic rings. The second-order valence-electron chi connectivity index (χ2n) is 6.22. The van der Waals surface area contributed by atoms with Gasteiger partial charge in [-0.2, -0.15) is 0 Å². The van der Waals surface area contributed by atoms with E-state index in [4.69, 9.17) is 9.47 Å². The molecule has 2 aliphatic heterocycles. The van der Waals surface area contributed by atoms with Crippen LogP contribution in [0.3, 0.4) is 0 Å². The lowest BCUT2D eigenvalue weighted by atomic mass is 9.74. The highest BCUT2D eigenvalue weighted by Crippen LogP contribution is 2.43. The van der Waals surface area contributed by atoms with E-state index >= 15 is 0 Å². The number of carboxylic acids is 1. The van der Waals surface area contributed by atoms with E-state index in [1.165, 1.54) is 7.11 Å². The normalized spacial score (nSPS) is 27.7. The van der Waals surface area contributed by atoms with Crippen LogP contribution in [0.2, 0.25) is 0 Å². The van der Waals surface area contributed by atoms with E-state index in [1.807, 2.05) is 0 Å². The maximum absolute atomic E-state index is 14.1. The summed E-state index contributed by atoms with van der Waals surface area (Å²) in [6, 6.07) is 2.27. The van der Waals surface area contributed by atoms with Crippen molar-refractivity contribution in [1.29, 1.82) is 0 Å². The summed E-state index contributed by atoms with van der Waals surface area (Å²) < 4.78 is 38.4. The van der Waals surface area contributed by atoms with E-state index in [0.29, 0.717) is 26.2 Å². The lowest BCUT2D eigenvalue weighted by Crippen LogP contribution is -2.44. The van der Waals surface area contributed by atoms with Crippen molar-refractivity contribution in [2.24, 2.45) is 11.3 Å². The van der Waals surface area contributed by atoms with Crippen molar-refractivity contribution in [2.45, 2.75) is 13.0 Å². The van der Waals surface area contributed by atoms with Gasteiger partial charge < -0.3 is 14.6 Å². The van der Waals surface area contributed by atoms with Crippen LogP contribution < -0.4 is 4.74 Å². The summed E-state index contributed by atoms with van der Waals surface area (Å²) in [5.41, 5.74) is -0.941. The Morgan fingerprint density at radius 1 is 1.48 bits per heavy atom. The molecule has 1 aromatic carbocycles. The van der Waals surface area contributed by atoms with Crippen LogP contribution in [0, 0.1) is 23.0 Å². The van der Waals surface area contributed by atoms with Crippen LogP contribution in [-0.4, -0.2) is 49.4 Å². The number of aliphatic carboxylic acids is 1. The molecule has 126 valence electrons. The summed E-state index contributed by atoms with van der Waals surface area (Å²) in [6.45, 7) is 1.55. The molecule has 0 bridgehead atoms. The number of likely N-dealkylation sites (tertiary alicyclic amines) is 1. The van der Waals surface area contributed by atoms with E-state index in [-0.39, 0.29) is 30.3 Å². The number of hydrogen-bond donors (Lipinski definition) is 1. The van der Waals surface area contributed by atoms with Crippen LogP contribution in [0.4, 0.5) is 8.78 Å². The Balaban J connectivity index is 1.81. The predicted molar refractivity (Wildman–Crippen MR) is 77.2 cm³/mol. The first-order valence-electron chi connectivity index (χ1n) is 7.51. The van der Waals surface area contributed by atoms with E-state index in [0.717, 1.165) is 12.1 Å². The van der Waals surface area contributed by atoms with Gasteiger partial charge in [0.1, 0.15) is 17.4 Å². The number of carbonyl (C=O) groups is 1. The van der Waals surface area contributed by atoms with Crippen molar-refractivity contribution >= 4 is 5.97 Å². The molecular weight excluding hydrogens is 308 g/mol. The van der Waals surface area contributed by atoms with Gasteiger partial charge >= 0.3 is 5.97 Å². The molecule has 2 heterocycles. The Morgan fingerprint density at radius 2 is 2.17 bits per heavy atom. The van der Waals surface area contributed by atoms with E-state index in [2.05, 4.69) is 0 Å². The highest BCUT2D eigenvalue weighted by Gasteiger charge is 2.53. The van der Waals surface area contributed by atoms with Gasteiger partial charge in [-0.15, -0.1) is 0 Å². The smallest absolute Gasteiger partial charge is 0.311 e. The molecule has 0 aliphatic carbocycles. The molecule has 23 heavy (non-hydrogen) atoms. The van der Waals surface area contributed by atoms with Crippen molar-refractivity contribution < 1.29 is 28.2 Å². The Kier molecular flexibility index (Phi) is 4.25. The Hall–Kier alpha value is -1.73. The fourth-order valence-corrected chi connectivity index (χ4v) is 3.60. The molecule has 0 spiro atoms. The van der Waals surface area contributed by atoms with Gasteiger partial charge in [-0.25, -0.2) is 8.78 Å². The number of rotatable bonds is 4. The fraction of sp³-hybridized carbons (Fsp3) is 0.562. The standard InChI is InChI=1S/C16H19F2NO4/c1-22-11-4-13(17)12(14(18)5-11)7-19-6-10-8-23-3-2-16(10,9-19)15(20)21/h4-5,10H,2-3,6-9H2,1H3,(H,20,21)/t10-,16+/m1/s1. The van der Waals surface area contributed by atoms with Crippen LogP contribution in [-0.2, 0) is 16.1 Å². The lowest BCUT2D eigenvalue weighted by Gasteiger charge is -2.34. The SMILES string of the molecule is COc1cc(F)c(CN2C[C@@H]3COCC[C@]3(C(=O)O)C2)c(F)c1. The first-order valence-corrected chi connectivity index (χ1v) is 7.51. The third-order valence-electron chi connectivity index (χ3n) is 4.94. The Morgan fingerprint density at radius 3 is 2.74 bits per heavy atom. The van der Waals surface area contributed by atoms with Crippen LogP contribution in [0.25, 0.3) is 0 Å². The third-order valence-corrected chi connectivity index (χ3v) is 4.94. The molecular formula is C16H19F2NO4. The number of carboxylic acid groups (broad SMARTS) is 1. The van der Waals surface area contributed by atoms with Crippen LogP contribution in [0.5, 0.6) is 5.75 Å². The molecule has 0 aromatic heterocycles. The molecule has 2 atom stereocenters. The molecule has 0 saturated carbocycles. The Labute approximate surface area is 132 Å². The zero-order chi connectivity index (χ0) is 16.6. The van der Waals surface area contributed by atoms with E-state index in [1.54, 1.807) is 4.90 Å². The Bertz CT molecular complexity index is 601. The summed E-state index contributed by atoms with van der Waals surface area (Å²) in [5, 5.41) is 9.61. The number of methoxy groups -OCH3 is 1. The van der Waals surface area contributed by atoms with Crippen molar-refractivity contribution in [3.8, 4) is 5.75 Å². The summed E-state index contributed by atoms with van der Waals surface area (Å²) in [4.78, 5) is 13.5. The minimum absolute atomic E-state index is 0.0349. The third kappa shape index (κ3) is 2.79. The molecule has 3 rings (SSSR count). The molecule has 0 radical (unpaired) electrons. The van der Waals surface area contributed by atoms with E-state index < -0.39 is 23.0 Å². The first kappa shape index (κ1) is 16.1. The molecule has 0 amide bonds. The fourth-order valence-electron chi connectivity index (χ4n) is 3.60. The average Bonchev–Trinajstić information content (AvgIpc) is 2.90. The van der Waals surface area contributed by atoms with Gasteiger partial charge in [-0.1, -0.05) is 0 Å². The summed E-state index contributed by atoms with van der Waals surface area (Å²) in [5.74, 6) is -2.26. The molecule has 0 unspecified atom stereocenters.